The van der Waals surface area contributed by atoms with Gasteiger partial charge in [0, 0.05) is 30.3 Å². The monoisotopic (exact) mass is 339 g/mol. The number of rotatable bonds is 4. The number of aromatic amines is 1. The van der Waals surface area contributed by atoms with Gasteiger partial charge in [0.15, 0.2) is 0 Å². The molecule has 1 saturated carbocycles. The van der Waals surface area contributed by atoms with E-state index in [2.05, 4.69) is 21.2 Å². The second kappa shape index (κ2) is 6.21. The fourth-order valence-corrected chi connectivity index (χ4v) is 4.12. The number of carbonyl (C=O) groups excluding carboxylic acids is 1. The maximum atomic E-state index is 13.4. The molecule has 1 aromatic heterocycles. The van der Waals surface area contributed by atoms with Gasteiger partial charge < -0.3 is 9.64 Å². The van der Waals surface area contributed by atoms with Crippen molar-refractivity contribution in [2.75, 3.05) is 20.2 Å². The lowest BCUT2D eigenvalue weighted by Crippen LogP contribution is -2.44. The number of hydrogen-bond acceptors (Lipinski definition) is 3. The lowest BCUT2D eigenvalue weighted by atomic mass is 9.89. The van der Waals surface area contributed by atoms with Crippen LogP contribution in [0.2, 0.25) is 0 Å². The minimum atomic E-state index is -0.379. The molecule has 1 saturated heterocycles. The molecule has 1 aromatic carbocycles. The first kappa shape index (κ1) is 16.2. The molecule has 2 aliphatic rings. The van der Waals surface area contributed by atoms with Crippen LogP contribution in [0.4, 0.5) is 0 Å². The molecule has 4 rings (SSSR count). The topological polar surface area (TPSA) is 58.2 Å². The van der Waals surface area contributed by atoms with Gasteiger partial charge in [-0.05, 0) is 44.7 Å². The van der Waals surface area contributed by atoms with Crippen LogP contribution < -0.4 is 4.74 Å². The van der Waals surface area contributed by atoms with Crippen LogP contribution >= 0.6 is 0 Å². The molecule has 1 aliphatic carbocycles. The summed E-state index contributed by atoms with van der Waals surface area (Å²) >= 11 is 0. The van der Waals surface area contributed by atoms with E-state index >= 15 is 0 Å². The Balaban J connectivity index is 1.56. The van der Waals surface area contributed by atoms with Crippen molar-refractivity contribution >= 4 is 5.91 Å². The second-order valence-corrected chi connectivity index (χ2v) is 7.35. The third-order valence-electron chi connectivity index (χ3n) is 5.63. The fraction of sp³-hybridized carbons (Fsp3) is 0.500. The molecule has 0 radical (unpaired) electrons. The molecule has 5 nitrogen and oxygen atoms in total. The highest BCUT2D eigenvalue weighted by Gasteiger charge is 2.54. The summed E-state index contributed by atoms with van der Waals surface area (Å²) in [6, 6.07) is 10.1. The highest BCUT2D eigenvalue weighted by Crippen LogP contribution is 2.53. The van der Waals surface area contributed by atoms with E-state index in [-0.39, 0.29) is 11.3 Å². The Morgan fingerprint density at radius 1 is 1.36 bits per heavy atom. The molecule has 25 heavy (non-hydrogen) atoms. The number of H-pyrrole nitrogens is 1. The standard InChI is InChI=1S/C20H25N3O2/c1-14-12-17(22-21-14)15-6-5-11-23(13-15)19(24)20(9-10-20)16-7-3-4-8-18(16)25-2/h3-4,7-8,12,15H,5-6,9-11,13H2,1-2H3,(H,21,22)/t15-/m1/s1. The molecule has 0 unspecified atom stereocenters. The van der Waals surface area contributed by atoms with E-state index in [9.17, 15) is 4.79 Å². The normalized spacial score (nSPS) is 21.8. The molecular formula is C20H25N3O2. The number of nitrogens with zero attached hydrogens (tertiary/aromatic N) is 2. The predicted octanol–water partition coefficient (Wildman–Crippen LogP) is 3.16. The van der Waals surface area contributed by atoms with E-state index in [1.807, 2.05) is 31.2 Å². The number of para-hydroxylation sites is 1. The zero-order chi connectivity index (χ0) is 17.4. The quantitative estimate of drug-likeness (QED) is 0.931. The van der Waals surface area contributed by atoms with Crippen molar-refractivity contribution in [3.63, 3.8) is 0 Å². The third-order valence-corrected chi connectivity index (χ3v) is 5.63. The summed E-state index contributed by atoms with van der Waals surface area (Å²) < 4.78 is 5.52. The number of aryl methyl sites for hydroxylation is 1. The van der Waals surface area contributed by atoms with Crippen molar-refractivity contribution in [1.82, 2.24) is 15.1 Å². The van der Waals surface area contributed by atoms with Gasteiger partial charge in [0.05, 0.1) is 18.2 Å². The van der Waals surface area contributed by atoms with Crippen molar-refractivity contribution in [2.45, 2.75) is 43.9 Å². The minimum absolute atomic E-state index is 0.258. The summed E-state index contributed by atoms with van der Waals surface area (Å²) in [6.07, 6.45) is 3.95. The van der Waals surface area contributed by atoms with Gasteiger partial charge >= 0.3 is 0 Å². The van der Waals surface area contributed by atoms with Gasteiger partial charge in [-0.3, -0.25) is 9.89 Å². The largest absolute Gasteiger partial charge is 0.496 e. The van der Waals surface area contributed by atoms with Crippen LogP contribution in [0.5, 0.6) is 5.75 Å². The van der Waals surface area contributed by atoms with Gasteiger partial charge in [-0.25, -0.2) is 0 Å². The number of likely N-dealkylation sites (tertiary alicyclic amines) is 1. The highest BCUT2D eigenvalue weighted by molar-refractivity contribution is 5.92. The van der Waals surface area contributed by atoms with Gasteiger partial charge in [-0.2, -0.15) is 5.10 Å². The fourth-order valence-electron chi connectivity index (χ4n) is 4.12. The molecule has 2 heterocycles. The Bertz CT molecular complexity index is 779. The first-order valence-corrected chi connectivity index (χ1v) is 9.09. The lowest BCUT2D eigenvalue weighted by molar-refractivity contribution is -0.135. The van der Waals surface area contributed by atoms with Crippen molar-refractivity contribution in [2.24, 2.45) is 0 Å². The number of piperidine rings is 1. The summed E-state index contributed by atoms with van der Waals surface area (Å²) in [5, 5.41) is 7.44. The number of amides is 1. The Kier molecular flexibility index (Phi) is 4.02. The molecular weight excluding hydrogens is 314 g/mol. The molecule has 2 aromatic rings. The van der Waals surface area contributed by atoms with Crippen molar-refractivity contribution in [3.05, 3.63) is 47.3 Å². The Morgan fingerprint density at radius 2 is 2.16 bits per heavy atom. The van der Waals surface area contributed by atoms with Crippen LogP contribution in [0.25, 0.3) is 0 Å². The second-order valence-electron chi connectivity index (χ2n) is 7.35. The van der Waals surface area contributed by atoms with Crippen LogP contribution in [0, 0.1) is 6.92 Å². The minimum Gasteiger partial charge on any atom is -0.496 e. The summed E-state index contributed by atoms with van der Waals surface area (Å²) in [5.41, 5.74) is 2.82. The molecule has 2 fully saturated rings. The van der Waals surface area contributed by atoms with Gasteiger partial charge in [0.25, 0.3) is 0 Å². The maximum absolute atomic E-state index is 13.4. The summed E-state index contributed by atoms with van der Waals surface area (Å²) in [5.74, 6) is 1.41. The van der Waals surface area contributed by atoms with Crippen LogP contribution in [-0.4, -0.2) is 41.2 Å². The van der Waals surface area contributed by atoms with E-state index in [4.69, 9.17) is 4.74 Å². The molecule has 1 aliphatic heterocycles. The number of benzene rings is 1. The number of aromatic nitrogens is 2. The summed E-state index contributed by atoms with van der Waals surface area (Å²) in [4.78, 5) is 15.4. The van der Waals surface area contributed by atoms with Crippen molar-refractivity contribution < 1.29 is 9.53 Å². The first-order valence-electron chi connectivity index (χ1n) is 9.09. The van der Waals surface area contributed by atoms with Crippen LogP contribution in [0.1, 0.15) is 48.6 Å². The SMILES string of the molecule is COc1ccccc1C1(C(=O)N2CCC[C@@H](c3cc(C)[nH]n3)C2)CC1. The highest BCUT2D eigenvalue weighted by atomic mass is 16.5. The van der Waals surface area contributed by atoms with Crippen molar-refractivity contribution in [3.8, 4) is 5.75 Å². The van der Waals surface area contributed by atoms with Gasteiger partial charge in [0.2, 0.25) is 5.91 Å². The Hall–Kier alpha value is -2.30. The first-order chi connectivity index (χ1) is 12.1. The predicted molar refractivity (Wildman–Crippen MR) is 95.8 cm³/mol. The molecule has 0 bridgehead atoms. The van der Waals surface area contributed by atoms with E-state index < -0.39 is 0 Å². The van der Waals surface area contributed by atoms with Crippen LogP contribution in [0.15, 0.2) is 30.3 Å². The van der Waals surface area contributed by atoms with E-state index in [0.29, 0.717) is 5.92 Å². The zero-order valence-electron chi connectivity index (χ0n) is 14.9. The van der Waals surface area contributed by atoms with Crippen LogP contribution in [0.3, 0.4) is 0 Å². The van der Waals surface area contributed by atoms with E-state index in [0.717, 1.165) is 61.5 Å². The van der Waals surface area contributed by atoms with Crippen LogP contribution in [-0.2, 0) is 10.2 Å². The average Bonchev–Trinajstić information content (AvgIpc) is 3.35. The zero-order valence-corrected chi connectivity index (χ0v) is 14.9. The molecule has 1 atom stereocenters. The molecule has 0 spiro atoms. The van der Waals surface area contributed by atoms with Gasteiger partial charge in [-0.1, -0.05) is 18.2 Å². The number of nitrogens with one attached hydrogen (secondary N) is 1. The summed E-state index contributed by atoms with van der Waals surface area (Å²) in [7, 11) is 1.68. The van der Waals surface area contributed by atoms with E-state index in [1.165, 1.54) is 0 Å². The number of methoxy groups -OCH3 is 1. The third kappa shape index (κ3) is 2.81. The Labute approximate surface area is 148 Å². The maximum Gasteiger partial charge on any atom is 0.233 e. The molecule has 1 amide bonds. The molecule has 5 heteroatoms. The number of ether oxygens (including phenoxy) is 1. The Morgan fingerprint density at radius 3 is 2.84 bits per heavy atom. The number of carbonyl (C=O) groups is 1. The number of hydrogen-bond donors (Lipinski definition) is 1. The van der Waals surface area contributed by atoms with Crippen molar-refractivity contribution in [1.29, 1.82) is 0 Å². The van der Waals surface area contributed by atoms with Gasteiger partial charge in [0.1, 0.15) is 5.75 Å². The smallest absolute Gasteiger partial charge is 0.233 e. The van der Waals surface area contributed by atoms with Gasteiger partial charge in [-0.15, -0.1) is 0 Å². The summed E-state index contributed by atoms with van der Waals surface area (Å²) in [6.45, 7) is 3.62. The molecule has 132 valence electrons. The average molecular weight is 339 g/mol. The lowest BCUT2D eigenvalue weighted by Gasteiger charge is -2.35. The molecule has 1 N–H and O–H groups in total. The van der Waals surface area contributed by atoms with E-state index in [1.54, 1.807) is 7.11 Å².